The molecule has 0 aliphatic heterocycles. The maximum absolute atomic E-state index is 11.8. The van der Waals surface area contributed by atoms with Crippen molar-refractivity contribution in [2.45, 2.75) is 89.9 Å². The summed E-state index contributed by atoms with van der Waals surface area (Å²) in [6.07, 6.45) is 7.96. The number of Topliss-reactive ketones (excluding diaryl/α,β-unsaturated/α-hetero) is 2. The van der Waals surface area contributed by atoms with Crippen LogP contribution < -0.4 is 0 Å². The molecule has 0 radical (unpaired) electrons. The second kappa shape index (κ2) is 11.0. The van der Waals surface area contributed by atoms with Gasteiger partial charge in [-0.05, 0) is 56.4 Å². The Labute approximate surface area is 178 Å². The highest BCUT2D eigenvalue weighted by Gasteiger charge is 2.26. The first-order chi connectivity index (χ1) is 14.6. The summed E-state index contributed by atoms with van der Waals surface area (Å²) in [5.41, 5.74) is 3.51. The molecule has 1 saturated carbocycles. The summed E-state index contributed by atoms with van der Waals surface area (Å²) < 4.78 is 0. The number of aromatic nitrogens is 4. The van der Waals surface area contributed by atoms with Gasteiger partial charge >= 0.3 is 0 Å². The molecular weight excluding hydrogens is 376 g/mol. The van der Waals surface area contributed by atoms with Gasteiger partial charge in [0.2, 0.25) is 0 Å². The van der Waals surface area contributed by atoms with Crippen molar-refractivity contribution in [3.05, 3.63) is 47.0 Å². The molecule has 6 nitrogen and oxygen atoms in total. The standard InChI is InChI=1S/C24H32N4O2/c1-3-6-21(29)15-19-10-12-23(27-25-19)17-8-5-9-18(14-17)24-13-11-20(26-28-24)16-22(30)7-4-2/h10-13,17-18H,3-9,14-16H2,1-2H3/t17-,18-/m1/s1. The topological polar surface area (TPSA) is 85.7 Å². The third-order valence-corrected chi connectivity index (χ3v) is 5.81. The molecule has 0 saturated heterocycles. The maximum atomic E-state index is 11.8. The second-order valence-corrected chi connectivity index (χ2v) is 8.39. The summed E-state index contributed by atoms with van der Waals surface area (Å²) >= 11 is 0. The van der Waals surface area contributed by atoms with Gasteiger partial charge in [-0.2, -0.15) is 20.4 Å². The zero-order valence-corrected chi connectivity index (χ0v) is 18.1. The monoisotopic (exact) mass is 408 g/mol. The van der Waals surface area contributed by atoms with Gasteiger partial charge in [0, 0.05) is 24.7 Å². The number of nitrogens with zero attached hydrogens (tertiary/aromatic N) is 4. The highest BCUT2D eigenvalue weighted by atomic mass is 16.1. The predicted molar refractivity (Wildman–Crippen MR) is 115 cm³/mol. The Hall–Kier alpha value is -2.50. The minimum atomic E-state index is 0.218. The van der Waals surface area contributed by atoms with Crippen molar-refractivity contribution in [3.63, 3.8) is 0 Å². The lowest BCUT2D eigenvalue weighted by atomic mass is 9.78. The summed E-state index contributed by atoms with van der Waals surface area (Å²) in [5, 5.41) is 17.5. The maximum Gasteiger partial charge on any atom is 0.138 e. The molecule has 0 N–H and O–H groups in total. The second-order valence-electron chi connectivity index (χ2n) is 8.39. The van der Waals surface area contributed by atoms with Crippen molar-refractivity contribution in [2.75, 3.05) is 0 Å². The van der Waals surface area contributed by atoms with Crippen LogP contribution in [0.3, 0.4) is 0 Å². The van der Waals surface area contributed by atoms with E-state index in [0.717, 1.165) is 61.3 Å². The summed E-state index contributed by atoms with van der Waals surface area (Å²) in [4.78, 5) is 23.6. The molecule has 0 unspecified atom stereocenters. The quantitative estimate of drug-likeness (QED) is 0.574. The molecule has 2 aromatic heterocycles. The Balaban J connectivity index is 1.59. The van der Waals surface area contributed by atoms with E-state index < -0.39 is 0 Å². The van der Waals surface area contributed by atoms with E-state index in [2.05, 4.69) is 20.4 Å². The van der Waals surface area contributed by atoms with Crippen LogP contribution in [0.25, 0.3) is 0 Å². The fraction of sp³-hybridized carbons (Fsp3) is 0.583. The fourth-order valence-electron chi connectivity index (χ4n) is 4.23. The molecule has 0 amide bonds. The molecule has 2 heterocycles. The lowest BCUT2D eigenvalue weighted by Crippen LogP contribution is -2.16. The van der Waals surface area contributed by atoms with E-state index in [1.807, 2.05) is 38.1 Å². The van der Waals surface area contributed by atoms with Gasteiger partial charge in [0.15, 0.2) is 0 Å². The third kappa shape index (κ3) is 6.25. The van der Waals surface area contributed by atoms with E-state index in [1.165, 1.54) is 0 Å². The number of rotatable bonds is 10. The van der Waals surface area contributed by atoms with E-state index in [9.17, 15) is 9.59 Å². The Morgan fingerprint density at radius 2 is 1.23 bits per heavy atom. The van der Waals surface area contributed by atoms with E-state index >= 15 is 0 Å². The largest absolute Gasteiger partial charge is 0.299 e. The molecule has 0 aromatic carbocycles. The van der Waals surface area contributed by atoms with E-state index in [4.69, 9.17) is 0 Å². The molecule has 1 aliphatic rings. The van der Waals surface area contributed by atoms with E-state index in [0.29, 0.717) is 37.5 Å². The average molecular weight is 409 g/mol. The highest BCUT2D eigenvalue weighted by molar-refractivity contribution is 5.80. The molecule has 0 spiro atoms. The SMILES string of the molecule is CCCC(=O)Cc1ccc([C@@H]2CCC[C@@H](c3ccc(CC(=O)CCC)nn3)C2)nn1. The summed E-state index contributed by atoms with van der Waals surface area (Å²) in [7, 11) is 0. The molecule has 2 aromatic rings. The van der Waals surface area contributed by atoms with E-state index in [1.54, 1.807) is 0 Å². The first kappa shape index (κ1) is 22.2. The Morgan fingerprint density at radius 1 is 0.767 bits per heavy atom. The van der Waals surface area contributed by atoms with Gasteiger partial charge in [-0.15, -0.1) is 0 Å². The number of carbonyl (C=O) groups excluding carboxylic acids is 2. The molecule has 2 atom stereocenters. The fourth-order valence-corrected chi connectivity index (χ4v) is 4.23. The molecule has 0 bridgehead atoms. The first-order valence-corrected chi connectivity index (χ1v) is 11.3. The van der Waals surface area contributed by atoms with Crippen LogP contribution in [0.5, 0.6) is 0 Å². The summed E-state index contributed by atoms with van der Waals surface area (Å²) in [6.45, 7) is 4.02. The Bertz CT molecular complexity index is 764. The molecule has 1 fully saturated rings. The van der Waals surface area contributed by atoms with Crippen molar-refractivity contribution in [2.24, 2.45) is 0 Å². The molecule has 30 heavy (non-hydrogen) atoms. The van der Waals surface area contributed by atoms with Gasteiger partial charge in [0.25, 0.3) is 0 Å². The van der Waals surface area contributed by atoms with Crippen molar-refractivity contribution in [1.82, 2.24) is 20.4 Å². The number of hydrogen-bond acceptors (Lipinski definition) is 6. The van der Waals surface area contributed by atoms with Crippen LogP contribution in [-0.4, -0.2) is 32.0 Å². The molecule has 6 heteroatoms. The first-order valence-electron chi connectivity index (χ1n) is 11.3. The predicted octanol–water partition coefficient (Wildman–Crippen LogP) is 4.53. The van der Waals surface area contributed by atoms with Crippen molar-refractivity contribution in [3.8, 4) is 0 Å². The van der Waals surface area contributed by atoms with Crippen molar-refractivity contribution in [1.29, 1.82) is 0 Å². The smallest absolute Gasteiger partial charge is 0.138 e. The van der Waals surface area contributed by atoms with Gasteiger partial charge in [-0.25, -0.2) is 0 Å². The van der Waals surface area contributed by atoms with Crippen LogP contribution in [0, 0.1) is 0 Å². The number of hydrogen-bond donors (Lipinski definition) is 0. The lowest BCUT2D eigenvalue weighted by molar-refractivity contribution is -0.119. The minimum absolute atomic E-state index is 0.218. The van der Waals surface area contributed by atoms with Gasteiger partial charge < -0.3 is 0 Å². The molecule has 1 aliphatic carbocycles. The lowest BCUT2D eigenvalue weighted by Gasteiger charge is -2.28. The summed E-state index contributed by atoms with van der Waals surface area (Å²) in [6, 6.07) is 7.95. The van der Waals surface area contributed by atoms with Gasteiger partial charge in [0.05, 0.1) is 35.6 Å². The molecule has 3 rings (SSSR count). The minimum Gasteiger partial charge on any atom is -0.299 e. The summed E-state index contributed by atoms with van der Waals surface area (Å²) in [5.74, 6) is 1.14. The van der Waals surface area contributed by atoms with E-state index in [-0.39, 0.29) is 11.6 Å². The zero-order chi connectivity index (χ0) is 21.3. The van der Waals surface area contributed by atoms with Crippen LogP contribution in [-0.2, 0) is 22.4 Å². The van der Waals surface area contributed by atoms with Gasteiger partial charge in [-0.3, -0.25) is 9.59 Å². The Kier molecular flexibility index (Phi) is 8.17. The number of ketones is 2. The molecular formula is C24H32N4O2. The highest BCUT2D eigenvalue weighted by Crippen LogP contribution is 2.39. The third-order valence-electron chi connectivity index (χ3n) is 5.81. The zero-order valence-electron chi connectivity index (χ0n) is 18.1. The van der Waals surface area contributed by atoms with Crippen LogP contribution >= 0.6 is 0 Å². The van der Waals surface area contributed by atoms with Crippen LogP contribution in [0.1, 0.15) is 99.8 Å². The van der Waals surface area contributed by atoms with Gasteiger partial charge in [-0.1, -0.05) is 20.3 Å². The number of carbonyl (C=O) groups is 2. The Morgan fingerprint density at radius 3 is 1.60 bits per heavy atom. The van der Waals surface area contributed by atoms with Crippen molar-refractivity contribution < 1.29 is 9.59 Å². The molecule has 160 valence electrons. The normalized spacial score (nSPS) is 18.9. The van der Waals surface area contributed by atoms with Gasteiger partial charge in [0.1, 0.15) is 11.6 Å². The van der Waals surface area contributed by atoms with Crippen molar-refractivity contribution >= 4 is 11.6 Å². The average Bonchev–Trinajstić information content (AvgIpc) is 2.75. The van der Waals surface area contributed by atoms with Crippen LogP contribution in [0.2, 0.25) is 0 Å². The van der Waals surface area contributed by atoms with Crippen LogP contribution in [0.15, 0.2) is 24.3 Å². The van der Waals surface area contributed by atoms with Crippen LogP contribution in [0.4, 0.5) is 0 Å².